The molecule has 7 rings (SSSR count). The number of benzene rings is 3. The smallest absolute Gasteiger partial charge is 0.318 e. The molecule has 3 aromatic carbocycles. The predicted octanol–water partition coefficient (Wildman–Crippen LogP) is 4.87. The highest BCUT2D eigenvalue weighted by Crippen LogP contribution is 2.38. The van der Waals surface area contributed by atoms with Crippen LogP contribution in [0.4, 0.5) is 11.5 Å². The molecule has 3 aliphatic rings. The number of nitrogens with one attached hydrogen (secondary N) is 1. The largest absolute Gasteiger partial charge is 0.462 e. The average molecular weight is 551 g/mol. The quantitative estimate of drug-likeness (QED) is 0.350. The number of rotatable bonds is 7. The van der Waals surface area contributed by atoms with Crippen molar-refractivity contribution in [2.75, 3.05) is 62.7 Å². The fraction of sp³-hybridized carbons (Fsp3) is 0.394. The average Bonchev–Trinajstić information content (AvgIpc) is 3.44. The molecule has 2 fully saturated rings. The number of hydrogen-bond donors (Lipinski definition) is 1. The first-order valence-electron chi connectivity index (χ1n) is 14.9. The van der Waals surface area contributed by atoms with Gasteiger partial charge in [-0.2, -0.15) is 9.97 Å². The summed E-state index contributed by atoms with van der Waals surface area (Å²) in [6, 6.07) is 23.8. The second-order valence-electron chi connectivity index (χ2n) is 11.3. The molecule has 0 bridgehead atoms. The Hall–Kier alpha value is -3.88. The number of fused-ring (bicyclic) bond motifs is 2. The highest BCUT2D eigenvalue weighted by atomic mass is 16.5. The summed E-state index contributed by atoms with van der Waals surface area (Å²) in [7, 11) is 2.18. The number of aromatic nitrogens is 2. The maximum atomic E-state index is 6.31. The van der Waals surface area contributed by atoms with E-state index in [9.17, 15) is 0 Å². The number of likely N-dealkylation sites (tertiary alicyclic amines) is 1. The van der Waals surface area contributed by atoms with Gasteiger partial charge in [0.25, 0.3) is 0 Å². The lowest BCUT2D eigenvalue weighted by Crippen LogP contribution is -2.45. The Morgan fingerprint density at radius 1 is 0.878 bits per heavy atom. The Kier molecular flexibility index (Phi) is 7.33. The molecular formula is C33H38N6O2. The van der Waals surface area contributed by atoms with E-state index in [4.69, 9.17) is 19.4 Å². The van der Waals surface area contributed by atoms with E-state index in [0.29, 0.717) is 25.2 Å². The van der Waals surface area contributed by atoms with Gasteiger partial charge in [0.1, 0.15) is 23.9 Å². The van der Waals surface area contributed by atoms with Gasteiger partial charge in [-0.3, -0.25) is 0 Å². The SMILES string of the molecule is CN1CCC[C@H]1COc1nc2c(c(N3CCNCC3)n1)CCN(c1cc(Oc3ccccc3)cc3ccccc13)C2. The van der Waals surface area contributed by atoms with Gasteiger partial charge < -0.3 is 29.5 Å². The highest BCUT2D eigenvalue weighted by Gasteiger charge is 2.28. The van der Waals surface area contributed by atoms with Crippen molar-refractivity contribution in [3.63, 3.8) is 0 Å². The van der Waals surface area contributed by atoms with Crippen molar-refractivity contribution in [1.82, 2.24) is 20.2 Å². The normalized spacial score (nSPS) is 19.4. The van der Waals surface area contributed by atoms with Crippen molar-refractivity contribution in [1.29, 1.82) is 0 Å². The molecule has 0 aliphatic carbocycles. The summed E-state index contributed by atoms with van der Waals surface area (Å²) in [4.78, 5) is 17.3. The van der Waals surface area contributed by atoms with Crippen LogP contribution in [0.5, 0.6) is 17.5 Å². The fourth-order valence-corrected chi connectivity index (χ4v) is 6.37. The minimum absolute atomic E-state index is 0.424. The van der Waals surface area contributed by atoms with Gasteiger partial charge >= 0.3 is 6.01 Å². The number of hydrogen-bond acceptors (Lipinski definition) is 8. The summed E-state index contributed by atoms with van der Waals surface area (Å²) in [6.07, 6.45) is 3.27. The first-order chi connectivity index (χ1) is 20.2. The molecule has 1 aromatic heterocycles. The molecule has 0 amide bonds. The topological polar surface area (TPSA) is 66.0 Å². The lowest BCUT2D eigenvalue weighted by Gasteiger charge is -2.35. The first kappa shape index (κ1) is 26.0. The second kappa shape index (κ2) is 11.5. The van der Waals surface area contributed by atoms with Crippen molar-refractivity contribution >= 4 is 22.3 Å². The molecule has 0 saturated carbocycles. The zero-order chi connectivity index (χ0) is 27.6. The molecular weight excluding hydrogens is 512 g/mol. The number of nitrogens with zero attached hydrogens (tertiary/aromatic N) is 5. The van der Waals surface area contributed by atoms with E-state index in [-0.39, 0.29) is 0 Å². The zero-order valence-corrected chi connectivity index (χ0v) is 23.8. The van der Waals surface area contributed by atoms with E-state index >= 15 is 0 Å². The van der Waals surface area contributed by atoms with Gasteiger partial charge in [0.05, 0.1) is 12.2 Å². The van der Waals surface area contributed by atoms with Gasteiger partial charge in [-0.1, -0.05) is 42.5 Å². The number of piperazine rings is 1. The van der Waals surface area contributed by atoms with Crippen molar-refractivity contribution in [3.8, 4) is 17.5 Å². The van der Waals surface area contributed by atoms with Crippen LogP contribution in [0.25, 0.3) is 10.8 Å². The van der Waals surface area contributed by atoms with Crippen molar-refractivity contribution in [2.24, 2.45) is 0 Å². The molecule has 0 unspecified atom stereocenters. The molecule has 0 radical (unpaired) electrons. The summed E-state index contributed by atoms with van der Waals surface area (Å²) in [5.74, 6) is 2.72. The van der Waals surface area contributed by atoms with Gasteiger partial charge in [0, 0.05) is 61.5 Å². The number of ether oxygens (including phenoxy) is 2. The molecule has 3 aliphatic heterocycles. The lowest BCUT2D eigenvalue weighted by atomic mass is 10.0. The van der Waals surface area contributed by atoms with Crippen LogP contribution < -0.4 is 24.6 Å². The molecule has 212 valence electrons. The Bertz CT molecular complexity index is 1510. The first-order valence-corrected chi connectivity index (χ1v) is 14.9. The number of para-hydroxylation sites is 1. The van der Waals surface area contributed by atoms with Crippen LogP contribution in [-0.4, -0.2) is 73.8 Å². The van der Waals surface area contributed by atoms with Gasteiger partial charge in [-0.25, -0.2) is 0 Å². The standard InChI is InChI=1S/C33H38N6O2/c1-37-16-7-9-25(37)23-40-33-35-30-22-39(17-13-29(30)32(36-33)38-18-14-34-15-19-38)31-21-27(41-26-10-3-2-4-11-26)20-24-8-5-6-12-28(24)31/h2-6,8,10-12,20-21,25,34H,7,9,13-19,22-23H2,1H3/t25-/m0/s1. The van der Waals surface area contributed by atoms with Crippen molar-refractivity contribution in [3.05, 3.63) is 78.0 Å². The molecule has 1 N–H and O–H groups in total. The summed E-state index contributed by atoms with van der Waals surface area (Å²) >= 11 is 0. The van der Waals surface area contributed by atoms with E-state index in [1.807, 2.05) is 30.3 Å². The number of likely N-dealkylation sites (N-methyl/N-ethyl adjacent to an activating group) is 1. The molecule has 2 saturated heterocycles. The van der Waals surface area contributed by atoms with Gasteiger partial charge in [0.15, 0.2) is 0 Å². The lowest BCUT2D eigenvalue weighted by molar-refractivity contribution is 0.187. The Morgan fingerprint density at radius 2 is 1.71 bits per heavy atom. The van der Waals surface area contributed by atoms with E-state index in [1.54, 1.807) is 0 Å². The summed E-state index contributed by atoms with van der Waals surface area (Å²) in [5.41, 5.74) is 3.49. The summed E-state index contributed by atoms with van der Waals surface area (Å²) < 4.78 is 12.6. The molecule has 8 nitrogen and oxygen atoms in total. The van der Waals surface area contributed by atoms with E-state index in [1.165, 1.54) is 17.4 Å². The van der Waals surface area contributed by atoms with Crippen LogP contribution in [0.15, 0.2) is 66.7 Å². The Labute approximate surface area is 241 Å². The van der Waals surface area contributed by atoms with Crippen LogP contribution in [0.3, 0.4) is 0 Å². The van der Waals surface area contributed by atoms with Gasteiger partial charge in [-0.05, 0) is 56.4 Å². The Balaban J connectivity index is 1.22. The molecule has 1 atom stereocenters. The van der Waals surface area contributed by atoms with Crippen LogP contribution in [-0.2, 0) is 13.0 Å². The molecule has 41 heavy (non-hydrogen) atoms. The third-order valence-corrected chi connectivity index (χ3v) is 8.65. The van der Waals surface area contributed by atoms with Crippen molar-refractivity contribution < 1.29 is 9.47 Å². The van der Waals surface area contributed by atoms with Gasteiger partial charge in [-0.15, -0.1) is 0 Å². The predicted molar refractivity (Wildman–Crippen MR) is 163 cm³/mol. The molecule has 4 aromatic rings. The summed E-state index contributed by atoms with van der Waals surface area (Å²) in [6.45, 7) is 7.17. The summed E-state index contributed by atoms with van der Waals surface area (Å²) in [5, 5.41) is 5.85. The second-order valence-corrected chi connectivity index (χ2v) is 11.3. The third kappa shape index (κ3) is 5.54. The van der Waals surface area contributed by atoms with Crippen molar-refractivity contribution in [2.45, 2.75) is 31.8 Å². The number of anilines is 2. The maximum Gasteiger partial charge on any atom is 0.318 e. The Morgan fingerprint density at radius 3 is 2.54 bits per heavy atom. The zero-order valence-electron chi connectivity index (χ0n) is 23.8. The van der Waals surface area contributed by atoms with E-state index < -0.39 is 0 Å². The van der Waals surface area contributed by atoms with Crippen LogP contribution in [0, 0.1) is 0 Å². The third-order valence-electron chi connectivity index (χ3n) is 8.65. The highest BCUT2D eigenvalue weighted by molar-refractivity contribution is 5.96. The van der Waals surface area contributed by atoms with Crippen LogP contribution in [0.2, 0.25) is 0 Å². The van der Waals surface area contributed by atoms with Crippen LogP contribution in [0.1, 0.15) is 24.1 Å². The van der Waals surface area contributed by atoms with Crippen LogP contribution >= 0.6 is 0 Å². The minimum atomic E-state index is 0.424. The molecule has 8 heteroatoms. The van der Waals surface area contributed by atoms with E-state index in [0.717, 1.165) is 86.2 Å². The molecule has 0 spiro atoms. The van der Waals surface area contributed by atoms with E-state index in [2.05, 4.69) is 63.5 Å². The molecule has 4 heterocycles. The minimum Gasteiger partial charge on any atom is -0.462 e. The fourth-order valence-electron chi connectivity index (χ4n) is 6.37. The maximum absolute atomic E-state index is 6.31. The van der Waals surface area contributed by atoms with Gasteiger partial charge in [0.2, 0.25) is 0 Å². The monoisotopic (exact) mass is 550 g/mol.